The van der Waals surface area contributed by atoms with E-state index in [1.807, 2.05) is 31.3 Å². The van der Waals surface area contributed by atoms with Gasteiger partial charge in [-0.05, 0) is 60.1 Å². The van der Waals surface area contributed by atoms with Crippen molar-refractivity contribution in [2.45, 2.75) is 38.0 Å². The quantitative estimate of drug-likeness (QED) is 0.335. The molecular formula is C33H36N6O4. The molecule has 222 valence electrons. The second-order valence-corrected chi connectivity index (χ2v) is 11.7. The maximum absolute atomic E-state index is 13.6. The minimum Gasteiger partial charge on any atom is -0.392 e. The van der Waals surface area contributed by atoms with E-state index in [2.05, 4.69) is 27.4 Å². The number of rotatable bonds is 6. The Hall–Kier alpha value is -4.25. The highest BCUT2D eigenvalue weighted by Crippen LogP contribution is 2.41. The number of nitrogens with one attached hydrogen (secondary N) is 1. The Balaban J connectivity index is 0.000000440. The van der Waals surface area contributed by atoms with Crippen LogP contribution in [0.1, 0.15) is 45.8 Å². The number of benzene rings is 2. The first kappa shape index (κ1) is 27.6. The van der Waals surface area contributed by atoms with Crippen LogP contribution in [0.4, 0.5) is 17.2 Å². The van der Waals surface area contributed by atoms with Crippen LogP contribution in [0.25, 0.3) is 11.1 Å². The number of carbonyl (C=O) groups excluding carboxylic acids is 1. The van der Waals surface area contributed by atoms with Gasteiger partial charge in [0.2, 0.25) is 0 Å². The molecule has 0 spiro atoms. The minimum atomic E-state index is -0.241. The molecule has 8 rings (SSSR count). The lowest BCUT2D eigenvalue weighted by Crippen LogP contribution is -2.38. The number of aliphatic hydroxyl groups excluding tert-OH is 1. The van der Waals surface area contributed by atoms with Crippen LogP contribution in [0.2, 0.25) is 0 Å². The van der Waals surface area contributed by atoms with Crippen molar-refractivity contribution in [3.8, 4) is 11.1 Å². The standard InChI is InChI=1S/C29H29N5O3.C4H7NO/c1-32-16-21(15-25(29(32)37)30-27-11-12-33(2)31-27)22-4-3-5-26(24(22)17-35)34-13-10-20-14-19(18-6-7-18)8-9-23(20)28(34)36;1-2-6-4-3-5(1)4/h3-5,8-9,11-12,14-16,18,35H,6-7,10,13,17H2,1-2H3,(H,30,31);4H,1-3H2. The lowest BCUT2D eigenvalue weighted by atomic mass is 9.93. The van der Waals surface area contributed by atoms with Crippen molar-refractivity contribution in [2.24, 2.45) is 14.1 Å². The molecule has 1 aliphatic carbocycles. The van der Waals surface area contributed by atoms with Crippen molar-refractivity contribution >= 4 is 23.1 Å². The van der Waals surface area contributed by atoms with E-state index in [9.17, 15) is 14.7 Å². The summed E-state index contributed by atoms with van der Waals surface area (Å²) in [7, 11) is 3.50. The summed E-state index contributed by atoms with van der Waals surface area (Å²) >= 11 is 0. The van der Waals surface area contributed by atoms with Crippen molar-refractivity contribution in [1.82, 2.24) is 19.2 Å². The maximum Gasteiger partial charge on any atom is 0.274 e. The normalized spacial score (nSPS) is 20.3. The van der Waals surface area contributed by atoms with Crippen LogP contribution < -0.4 is 15.8 Å². The summed E-state index contributed by atoms with van der Waals surface area (Å²) < 4.78 is 8.32. The van der Waals surface area contributed by atoms with E-state index in [-0.39, 0.29) is 18.1 Å². The zero-order valence-corrected chi connectivity index (χ0v) is 24.5. The number of ether oxygens (including phenoxy) is 1. The summed E-state index contributed by atoms with van der Waals surface area (Å²) in [4.78, 5) is 30.5. The van der Waals surface area contributed by atoms with Crippen LogP contribution in [-0.4, -0.2) is 62.7 Å². The van der Waals surface area contributed by atoms with E-state index in [4.69, 9.17) is 4.74 Å². The van der Waals surface area contributed by atoms with Crippen molar-refractivity contribution in [3.63, 3.8) is 0 Å². The van der Waals surface area contributed by atoms with Gasteiger partial charge in [0, 0.05) is 68.9 Å². The zero-order chi connectivity index (χ0) is 29.7. The van der Waals surface area contributed by atoms with Gasteiger partial charge in [-0.3, -0.25) is 19.2 Å². The molecule has 4 aliphatic rings. The number of morpholine rings is 1. The highest BCUT2D eigenvalue weighted by atomic mass is 16.5. The maximum atomic E-state index is 13.6. The first-order valence-corrected chi connectivity index (χ1v) is 14.9. The summed E-state index contributed by atoms with van der Waals surface area (Å²) in [6.45, 7) is 3.64. The number of aliphatic hydroxyl groups is 1. The van der Waals surface area contributed by atoms with Gasteiger partial charge in [-0.2, -0.15) is 5.10 Å². The molecule has 2 atom stereocenters. The van der Waals surface area contributed by atoms with Gasteiger partial charge in [0.1, 0.15) is 11.9 Å². The molecule has 5 heterocycles. The third-order valence-electron chi connectivity index (χ3n) is 8.68. The number of hydrogen-bond acceptors (Lipinski definition) is 7. The Bertz CT molecular complexity index is 1750. The highest BCUT2D eigenvalue weighted by Gasteiger charge is 2.39. The Morgan fingerprint density at radius 3 is 2.56 bits per heavy atom. The van der Waals surface area contributed by atoms with Crippen LogP contribution >= 0.6 is 0 Å². The van der Waals surface area contributed by atoms with Gasteiger partial charge in [0.15, 0.2) is 5.82 Å². The fraction of sp³-hybridized carbons (Fsp3) is 0.364. The predicted octanol–water partition coefficient (Wildman–Crippen LogP) is 3.76. The van der Waals surface area contributed by atoms with Gasteiger partial charge in [0.25, 0.3) is 11.5 Å². The summed E-state index contributed by atoms with van der Waals surface area (Å²) in [6, 6.07) is 15.5. The van der Waals surface area contributed by atoms with Crippen molar-refractivity contribution in [1.29, 1.82) is 0 Å². The molecule has 3 aliphatic heterocycles. The van der Waals surface area contributed by atoms with Crippen molar-refractivity contribution in [2.75, 3.05) is 36.5 Å². The summed E-state index contributed by atoms with van der Waals surface area (Å²) in [6.07, 6.45) is 7.33. The van der Waals surface area contributed by atoms with Gasteiger partial charge < -0.3 is 24.6 Å². The summed E-state index contributed by atoms with van der Waals surface area (Å²) in [5, 5.41) is 17.9. The highest BCUT2D eigenvalue weighted by molar-refractivity contribution is 6.09. The van der Waals surface area contributed by atoms with Crippen LogP contribution in [0.5, 0.6) is 0 Å². The molecule has 4 aromatic rings. The lowest BCUT2D eigenvalue weighted by molar-refractivity contribution is 0.0980. The molecule has 2 unspecified atom stereocenters. The molecule has 0 bridgehead atoms. The van der Waals surface area contributed by atoms with Crippen LogP contribution in [-0.2, 0) is 31.9 Å². The smallest absolute Gasteiger partial charge is 0.274 e. The average molecular weight is 581 g/mol. The third kappa shape index (κ3) is 5.49. The Morgan fingerprint density at radius 2 is 1.91 bits per heavy atom. The molecule has 10 nitrogen and oxygen atoms in total. The number of pyridine rings is 1. The number of hydrogen-bond donors (Lipinski definition) is 2. The zero-order valence-electron chi connectivity index (χ0n) is 24.5. The first-order valence-electron chi connectivity index (χ1n) is 14.9. The molecule has 1 saturated carbocycles. The van der Waals surface area contributed by atoms with Gasteiger partial charge in [-0.15, -0.1) is 0 Å². The number of anilines is 3. The van der Waals surface area contributed by atoms with Crippen LogP contribution in [0.15, 0.2) is 65.7 Å². The van der Waals surface area contributed by atoms with E-state index >= 15 is 0 Å². The molecule has 3 fully saturated rings. The number of fused-ring (bicyclic) bond motifs is 2. The molecule has 2 aromatic carbocycles. The van der Waals surface area contributed by atoms with Crippen LogP contribution in [0, 0.1) is 0 Å². The van der Waals surface area contributed by atoms with E-state index < -0.39 is 0 Å². The Kier molecular flexibility index (Phi) is 7.12. The Morgan fingerprint density at radius 1 is 1.05 bits per heavy atom. The fourth-order valence-electron chi connectivity index (χ4n) is 6.09. The molecule has 43 heavy (non-hydrogen) atoms. The second-order valence-electron chi connectivity index (χ2n) is 11.7. The third-order valence-corrected chi connectivity index (χ3v) is 8.68. The number of amides is 1. The topological polar surface area (TPSA) is 105 Å². The van der Waals surface area contributed by atoms with Gasteiger partial charge in [-0.25, -0.2) is 0 Å². The molecule has 0 radical (unpaired) electrons. The van der Waals surface area contributed by atoms with Gasteiger partial charge in [-0.1, -0.05) is 24.3 Å². The van der Waals surface area contributed by atoms with Crippen molar-refractivity contribution in [3.05, 3.63) is 93.5 Å². The van der Waals surface area contributed by atoms with E-state index in [1.54, 1.807) is 41.2 Å². The monoisotopic (exact) mass is 580 g/mol. The molecule has 2 saturated heterocycles. The van der Waals surface area contributed by atoms with E-state index in [0.717, 1.165) is 35.3 Å². The van der Waals surface area contributed by atoms with Crippen molar-refractivity contribution < 1.29 is 14.6 Å². The number of nitrogens with zero attached hydrogens (tertiary/aromatic N) is 5. The summed E-state index contributed by atoms with van der Waals surface area (Å²) in [5.41, 5.74) is 6.22. The van der Waals surface area contributed by atoms with Crippen LogP contribution in [0.3, 0.4) is 0 Å². The molecule has 10 heteroatoms. The van der Waals surface area contributed by atoms with Gasteiger partial charge in [0.05, 0.1) is 18.9 Å². The molecule has 1 amide bonds. The lowest BCUT2D eigenvalue weighted by Gasteiger charge is -2.31. The first-order chi connectivity index (χ1) is 20.9. The molecular weight excluding hydrogens is 544 g/mol. The Labute approximate surface area is 250 Å². The number of aromatic nitrogens is 3. The second kappa shape index (κ2) is 11.1. The average Bonchev–Trinajstić information content (AvgIpc) is 3.93. The molecule has 2 N–H and O–H groups in total. The predicted molar refractivity (Wildman–Crippen MR) is 165 cm³/mol. The largest absolute Gasteiger partial charge is 0.392 e. The summed E-state index contributed by atoms with van der Waals surface area (Å²) in [5.74, 6) is 1.17. The number of aryl methyl sites for hydroxylation is 2. The minimum absolute atomic E-state index is 0.0478. The van der Waals surface area contributed by atoms with Gasteiger partial charge >= 0.3 is 0 Å². The van der Waals surface area contributed by atoms with E-state index in [0.29, 0.717) is 41.4 Å². The number of carbonyl (C=O) groups is 1. The molecule has 2 aromatic heterocycles. The SMILES string of the molecule is C1CN2CC2O1.Cn1ccc(Nc2cc(-c3cccc(N4CCc5cc(C6CC6)ccc5C4=O)c3CO)cn(C)c2=O)n1. The van der Waals surface area contributed by atoms with E-state index in [1.165, 1.54) is 36.1 Å². The fourth-order valence-corrected chi connectivity index (χ4v) is 6.09.